The normalized spacial score (nSPS) is 19.9. The van der Waals surface area contributed by atoms with Crippen molar-refractivity contribution >= 4 is 38.7 Å². The Bertz CT molecular complexity index is 2770. The number of allylic oxidation sites excluding steroid dienone is 2. The zero-order chi connectivity index (χ0) is 35.6. The number of nitrogens with zero attached hydrogens (tertiary/aromatic N) is 2. The van der Waals surface area contributed by atoms with E-state index in [1.54, 1.807) is 0 Å². The second-order valence-electron chi connectivity index (χ2n) is 14.6. The number of hydrogen-bond acceptors (Lipinski definition) is 3. The molecular formula is C50H38N4. The third-order valence-corrected chi connectivity index (χ3v) is 11.6. The van der Waals surface area contributed by atoms with Crippen LogP contribution in [0.4, 0.5) is 17.1 Å². The largest absolute Gasteiger partial charge is 0.309 e. The van der Waals surface area contributed by atoms with Crippen LogP contribution in [0.1, 0.15) is 23.3 Å². The highest BCUT2D eigenvalue weighted by Gasteiger charge is 2.37. The molecule has 3 aliphatic rings. The molecule has 2 N–H and O–H groups in total. The average molecular weight is 695 g/mol. The maximum Gasteiger partial charge on any atom is 0.0845 e. The van der Waals surface area contributed by atoms with E-state index in [1.165, 1.54) is 55.2 Å². The second kappa shape index (κ2) is 12.6. The van der Waals surface area contributed by atoms with Crippen molar-refractivity contribution in [1.29, 1.82) is 0 Å². The highest BCUT2D eigenvalue weighted by molar-refractivity contribution is 6.13. The van der Waals surface area contributed by atoms with Crippen LogP contribution in [0.3, 0.4) is 0 Å². The molecule has 0 amide bonds. The lowest BCUT2D eigenvalue weighted by Gasteiger charge is -2.43. The van der Waals surface area contributed by atoms with E-state index in [-0.39, 0.29) is 18.2 Å². The van der Waals surface area contributed by atoms with Crippen molar-refractivity contribution in [3.63, 3.8) is 0 Å². The lowest BCUT2D eigenvalue weighted by molar-refractivity contribution is 0.218. The van der Waals surface area contributed by atoms with E-state index in [2.05, 4.69) is 214 Å². The van der Waals surface area contributed by atoms with Crippen LogP contribution in [0.5, 0.6) is 0 Å². The maximum atomic E-state index is 4.02. The molecule has 258 valence electrons. The van der Waals surface area contributed by atoms with E-state index in [1.807, 2.05) is 0 Å². The van der Waals surface area contributed by atoms with Gasteiger partial charge in [-0.3, -0.25) is 10.6 Å². The van der Waals surface area contributed by atoms with Crippen molar-refractivity contribution in [3.8, 4) is 28.1 Å². The Hall–Kier alpha value is -6.46. The molecule has 1 aromatic heterocycles. The molecule has 7 aromatic carbocycles. The van der Waals surface area contributed by atoms with Crippen LogP contribution in [0, 0.1) is 5.92 Å². The van der Waals surface area contributed by atoms with Gasteiger partial charge in [-0.15, -0.1) is 0 Å². The highest BCUT2D eigenvalue weighted by atomic mass is 15.2. The van der Waals surface area contributed by atoms with Crippen LogP contribution >= 0.6 is 0 Å². The average Bonchev–Trinajstić information content (AvgIpc) is 3.52. The van der Waals surface area contributed by atoms with Crippen molar-refractivity contribution in [2.24, 2.45) is 5.92 Å². The summed E-state index contributed by atoms with van der Waals surface area (Å²) in [6, 6.07) is 62.6. The molecule has 4 heteroatoms. The minimum Gasteiger partial charge on any atom is -0.309 e. The lowest BCUT2D eigenvalue weighted by Crippen LogP contribution is -2.54. The van der Waals surface area contributed by atoms with Crippen molar-refractivity contribution in [1.82, 2.24) is 15.2 Å². The molecular weight excluding hydrogens is 657 g/mol. The van der Waals surface area contributed by atoms with E-state index in [4.69, 9.17) is 0 Å². The Labute approximate surface area is 315 Å². The Kier molecular flexibility index (Phi) is 7.25. The summed E-state index contributed by atoms with van der Waals surface area (Å²) in [6.45, 7) is 0. The Balaban J connectivity index is 1.10. The molecule has 1 saturated heterocycles. The molecule has 1 aliphatic carbocycles. The summed E-state index contributed by atoms with van der Waals surface area (Å²) in [6.07, 6.45) is 8.97. The molecule has 0 radical (unpaired) electrons. The molecule has 3 heterocycles. The van der Waals surface area contributed by atoms with Crippen LogP contribution in [0.2, 0.25) is 0 Å². The zero-order valence-electron chi connectivity index (χ0n) is 29.7. The van der Waals surface area contributed by atoms with Gasteiger partial charge in [-0.05, 0) is 64.4 Å². The number of rotatable bonds is 4. The van der Waals surface area contributed by atoms with Crippen LogP contribution in [-0.4, -0.2) is 10.6 Å². The molecule has 2 aliphatic heterocycles. The number of hydrogen-bond donors (Lipinski definition) is 2. The SMILES string of the molecule is C1=CC2NC(c3cccc(N4c5ccccc5-c5c(n(-c6ccc7ccccc7c6)c6ccccc56)-c5ccccc54)c3)NC(c3ccccc3)C2C=C1. The van der Waals surface area contributed by atoms with Gasteiger partial charge in [0.15, 0.2) is 0 Å². The zero-order valence-corrected chi connectivity index (χ0v) is 29.7. The van der Waals surface area contributed by atoms with Crippen LogP contribution in [0.15, 0.2) is 194 Å². The highest BCUT2D eigenvalue weighted by Crippen LogP contribution is 2.54. The molecule has 0 saturated carbocycles. The van der Waals surface area contributed by atoms with Gasteiger partial charge >= 0.3 is 0 Å². The van der Waals surface area contributed by atoms with Crippen LogP contribution in [-0.2, 0) is 0 Å². The van der Waals surface area contributed by atoms with Crippen molar-refractivity contribution < 1.29 is 0 Å². The fourth-order valence-electron chi connectivity index (χ4n) is 9.16. The first-order valence-corrected chi connectivity index (χ1v) is 18.9. The molecule has 4 unspecified atom stereocenters. The first kappa shape index (κ1) is 31.1. The summed E-state index contributed by atoms with van der Waals surface area (Å²) in [5, 5.41) is 11.7. The Morgan fingerprint density at radius 3 is 2.07 bits per heavy atom. The fourth-order valence-corrected chi connectivity index (χ4v) is 9.16. The maximum absolute atomic E-state index is 4.02. The molecule has 54 heavy (non-hydrogen) atoms. The smallest absolute Gasteiger partial charge is 0.0845 e. The van der Waals surface area contributed by atoms with Gasteiger partial charge < -0.3 is 9.47 Å². The van der Waals surface area contributed by atoms with Gasteiger partial charge in [-0.1, -0.05) is 152 Å². The molecule has 11 rings (SSSR count). The Morgan fingerprint density at radius 1 is 0.481 bits per heavy atom. The summed E-state index contributed by atoms with van der Waals surface area (Å²) in [7, 11) is 0. The van der Waals surface area contributed by atoms with Gasteiger partial charge in [-0.25, -0.2) is 0 Å². The van der Waals surface area contributed by atoms with Gasteiger partial charge in [0.1, 0.15) is 0 Å². The molecule has 8 aromatic rings. The third kappa shape index (κ3) is 4.92. The number of nitrogens with one attached hydrogen (secondary N) is 2. The van der Waals surface area contributed by atoms with Crippen molar-refractivity contribution in [2.75, 3.05) is 4.90 Å². The van der Waals surface area contributed by atoms with Gasteiger partial charge in [0.2, 0.25) is 0 Å². The van der Waals surface area contributed by atoms with E-state index < -0.39 is 0 Å². The monoisotopic (exact) mass is 694 g/mol. The van der Waals surface area contributed by atoms with Gasteiger partial charge in [0.05, 0.1) is 28.8 Å². The van der Waals surface area contributed by atoms with Gasteiger partial charge in [0, 0.05) is 51.5 Å². The first-order chi connectivity index (χ1) is 26.8. The predicted octanol–water partition coefficient (Wildman–Crippen LogP) is 11.9. The first-order valence-electron chi connectivity index (χ1n) is 18.9. The lowest BCUT2D eigenvalue weighted by atomic mass is 9.81. The van der Waals surface area contributed by atoms with E-state index >= 15 is 0 Å². The minimum atomic E-state index is -0.0385. The molecule has 4 atom stereocenters. The number of anilines is 3. The second-order valence-corrected chi connectivity index (χ2v) is 14.6. The number of fused-ring (bicyclic) bond motifs is 9. The molecule has 0 bridgehead atoms. The summed E-state index contributed by atoms with van der Waals surface area (Å²) in [4.78, 5) is 2.47. The summed E-state index contributed by atoms with van der Waals surface area (Å²) in [5.41, 5.74) is 13.2. The summed E-state index contributed by atoms with van der Waals surface area (Å²) < 4.78 is 2.48. The predicted molar refractivity (Wildman–Crippen MR) is 224 cm³/mol. The van der Waals surface area contributed by atoms with E-state index in [9.17, 15) is 0 Å². The van der Waals surface area contributed by atoms with Gasteiger partial charge in [-0.2, -0.15) is 0 Å². The molecule has 4 nitrogen and oxygen atoms in total. The molecule has 0 spiro atoms. The van der Waals surface area contributed by atoms with E-state index in [0.717, 1.165) is 22.7 Å². The van der Waals surface area contributed by atoms with E-state index in [0.29, 0.717) is 5.92 Å². The third-order valence-electron chi connectivity index (χ3n) is 11.6. The Morgan fingerprint density at radius 2 is 1.19 bits per heavy atom. The van der Waals surface area contributed by atoms with Crippen LogP contribution < -0.4 is 15.5 Å². The van der Waals surface area contributed by atoms with Crippen LogP contribution in [0.25, 0.3) is 49.7 Å². The minimum absolute atomic E-state index is 0.0385. The number of benzene rings is 7. The molecule has 1 fully saturated rings. The number of para-hydroxylation sites is 3. The summed E-state index contributed by atoms with van der Waals surface area (Å²) >= 11 is 0. The quantitative estimate of drug-likeness (QED) is 0.192. The van der Waals surface area contributed by atoms with Gasteiger partial charge in [0.25, 0.3) is 0 Å². The topological polar surface area (TPSA) is 32.2 Å². The summed E-state index contributed by atoms with van der Waals surface area (Å²) in [5.74, 6) is 0.322. The van der Waals surface area contributed by atoms with Crippen molar-refractivity contribution in [2.45, 2.75) is 18.2 Å². The fraction of sp³-hybridized carbons (Fsp3) is 0.0800. The van der Waals surface area contributed by atoms with Crippen molar-refractivity contribution in [3.05, 3.63) is 205 Å². The number of aromatic nitrogens is 1. The standard InChI is InChI=1S/C50H38N4/c1-2-16-34(17-3-1)48-39-21-6-10-25-43(39)51-50(52-48)36-19-14-20-37(32-36)53-44-26-11-7-22-40(44)47-41-23-8-12-27-45(41)54(49(47)42-24-9-13-28-46(42)53)38-30-29-33-15-4-5-18-35(33)31-38/h1-32,39,43,48,50-52H.